The van der Waals surface area contributed by atoms with Crippen molar-refractivity contribution in [2.45, 2.75) is 46.2 Å². The quantitative estimate of drug-likeness (QED) is 0.612. The molecule has 1 atom stereocenters. The molecule has 1 aliphatic heterocycles. The number of para-hydroxylation sites is 1. The van der Waals surface area contributed by atoms with E-state index in [1.807, 2.05) is 24.0 Å². The number of aromatic nitrogens is 1. The molecule has 4 rings (SSSR count). The average Bonchev–Trinajstić information content (AvgIpc) is 3.13. The summed E-state index contributed by atoms with van der Waals surface area (Å²) in [5.41, 5.74) is 6.25. The second kappa shape index (κ2) is 6.12. The number of amides is 1. The minimum Gasteiger partial charge on any atom is -0.354 e. The lowest BCUT2D eigenvalue weighted by atomic mass is 9.91. The fourth-order valence-electron chi connectivity index (χ4n) is 4.18. The monoisotopic (exact) mass is 358 g/mol. The molecule has 0 bridgehead atoms. The normalized spacial score (nSPS) is 18.0. The van der Waals surface area contributed by atoms with Gasteiger partial charge in [0.1, 0.15) is 0 Å². The first-order valence-corrected chi connectivity index (χ1v) is 9.47. The van der Waals surface area contributed by atoms with Crippen molar-refractivity contribution in [2.75, 3.05) is 0 Å². The molecule has 1 unspecified atom stereocenters. The lowest BCUT2D eigenvalue weighted by molar-refractivity contribution is -0.131. The zero-order valence-electron chi connectivity index (χ0n) is 16.6. The molecule has 0 spiro atoms. The maximum atomic E-state index is 13.1. The first-order valence-electron chi connectivity index (χ1n) is 9.47. The van der Waals surface area contributed by atoms with Crippen LogP contribution >= 0.6 is 0 Å². The number of hydrogen-bond donors (Lipinski definition) is 1. The lowest BCUT2D eigenvalue weighted by Crippen LogP contribution is -2.45. The Labute approximate surface area is 160 Å². The van der Waals surface area contributed by atoms with Crippen LogP contribution in [-0.2, 0) is 4.79 Å². The summed E-state index contributed by atoms with van der Waals surface area (Å²) in [6.45, 7) is 10.4. The van der Waals surface area contributed by atoms with Gasteiger partial charge in [-0.2, -0.15) is 0 Å². The first kappa shape index (κ1) is 17.6. The van der Waals surface area contributed by atoms with Crippen molar-refractivity contribution >= 4 is 16.8 Å². The summed E-state index contributed by atoms with van der Waals surface area (Å²) in [5, 5.41) is 1.18. The molecule has 3 heteroatoms. The molecule has 2 heterocycles. The highest BCUT2D eigenvalue weighted by atomic mass is 16.2. The molecule has 1 amide bonds. The van der Waals surface area contributed by atoms with Gasteiger partial charge in [-0.25, -0.2) is 0 Å². The van der Waals surface area contributed by atoms with Crippen molar-refractivity contribution in [1.82, 2.24) is 9.88 Å². The number of nitrogens with zero attached hydrogens (tertiary/aromatic N) is 1. The van der Waals surface area contributed by atoms with E-state index >= 15 is 0 Å². The van der Waals surface area contributed by atoms with E-state index in [0.29, 0.717) is 0 Å². The molecule has 3 aromatic rings. The molecule has 0 radical (unpaired) electrons. The van der Waals surface area contributed by atoms with Gasteiger partial charge in [-0.15, -0.1) is 0 Å². The van der Waals surface area contributed by atoms with Gasteiger partial charge < -0.3 is 9.88 Å². The van der Waals surface area contributed by atoms with Crippen molar-refractivity contribution in [3.8, 4) is 11.3 Å². The van der Waals surface area contributed by atoms with Gasteiger partial charge in [0.15, 0.2) is 0 Å². The Morgan fingerprint density at radius 3 is 2.22 bits per heavy atom. The maximum absolute atomic E-state index is 13.1. The Morgan fingerprint density at radius 1 is 0.926 bits per heavy atom. The number of carbonyl (C=O) groups excluding carboxylic acids is 1. The molecule has 1 N–H and O–H groups in total. The van der Waals surface area contributed by atoms with Crippen LogP contribution < -0.4 is 0 Å². The van der Waals surface area contributed by atoms with Crippen LogP contribution in [0.1, 0.15) is 46.2 Å². The van der Waals surface area contributed by atoms with E-state index in [4.69, 9.17) is 0 Å². The summed E-state index contributed by atoms with van der Waals surface area (Å²) in [6.07, 6.45) is 0. The third kappa shape index (κ3) is 2.69. The number of hydrogen-bond acceptors (Lipinski definition) is 1. The van der Waals surface area contributed by atoms with Crippen LogP contribution in [0, 0.1) is 0 Å². The highest BCUT2D eigenvalue weighted by Crippen LogP contribution is 2.47. The van der Waals surface area contributed by atoms with Crippen LogP contribution in [0.2, 0.25) is 0 Å². The molecule has 0 saturated carbocycles. The number of fused-ring (bicyclic) bond motifs is 1. The lowest BCUT2D eigenvalue weighted by Gasteiger charge is -2.38. The fourth-order valence-corrected chi connectivity index (χ4v) is 4.18. The number of H-pyrrole nitrogens is 1. The van der Waals surface area contributed by atoms with Gasteiger partial charge in [-0.3, -0.25) is 4.79 Å². The van der Waals surface area contributed by atoms with Crippen LogP contribution in [0.3, 0.4) is 0 Å². The molecule has 3 nitrogen and oxygen atoms in total. The molecule has 1 aliphatic rings. The predicted octanol–water partition coefficient (Wildman–Crippen LogP) is 5.85. The summed E-state index contributed by atoms with van der Waals surface area (Å²) in [4.78, 5) is 18.8. The van der Waals surface area contributed by atoms with Crippen molar-refractivity contribution in [1.29, 1.82) is 0 Å². The zero-order valence-corrected chi connectivity index (χ0v) is 16.6. The Kier molecular flexibility index (Phi) is 3.99. The summed E-state index contributed by atoms with van der Waals surface area (Å²) in [5.74, 6) is 0.134. The molecular weight excluding hydrogens is 332 g/mol. The van der Waals surface area contributed by atoms with E-state index in [9.17, 15) is 4.79 Å². The van der Waals surface area contributed by atoms with Crippen LogP contribution in [0.15, 0.2) is 65.7 Å². The summed E-state index contributed by atoms with van der Waals surface area (Å²) in [6, 6.07) is 18.7. The van der Waals surface area contributed by atoms with Crippen molar-refractivity contribution < 1.29 is 4.79 Å². The number of aromatic amines is 1. The van der Waals surface area contributed by atoms with Gasteiger partial charge >= 0.3 is 0 Å². The number of benzene rings is 2. The molecule has 27 heavy (non-hydrogen) atoms. The van der Waals surface area contributed by atoms with Crippen LogP contribution in [0.5, 0.6) is 0 Å². The molecule has 0 fully saturated rings. The van der Waals surface area contributed by atoms with Gasteiger partial charge in [0.05, 0.1) is 11.7 Å². The molecule has 2 aromatic carbocycles. The SMILES string of the molecule is CC1=C(C)C(c2c(-c3ccccc3)[nH]c3ccccc23)N(C(C)(C)C)C1=O. The third-order valence-electron chi connectivity index (χ3n) is 5.60. The van der Waals surface area contributed by atoms with Gasteiger partial charge in [0.2, 0.25) is 0 Å². The highest BCUT2D eigenvalue weighted by Gasteiger charge is 2.43. The second-order valence-corrected chi connectivity index (χ2v) is 8.38. The Hall–Kier alpha value is -2.81. The number of carbonyl (C=O) groups is 1. The molecule has 0 aliphatic carbocycles. The van der Waals surface area contributed by atoms with Gasteiger partial charge in [0, 0.05) is 27.6 Å². The summed E-state index contributed by atoms with van der Waals surface area (Å²) < 4.78 is 0. The first-order chi connectivity index (χ1) is 12.8. The third-order valence-corrected chi connectivity index (χ3v) is 5.60. The Morgan fingerprint density at radius 2 is 1.56 bits per heavy atom. The van der Waals surface area contributed by atoms with Crippen molar-refractivity contribution in [3.05, 3.63) is 71.3 Å². The molecule has 0 saturated heterocycles. The smallest absolute Gasteiger partial charge is 0.250 e. The summed E-state index contributed by atoms with van der Waals surface area (Å²) in [7, 11) is 0. The second-order valence-electron chi connectivity index (χ2n) is 8.38. The van der Waals surface area contributed by atoms with Gasteiger partial charge in [-0.1, -0.05) is 48.5 Å². The average molecular weight is 358 g/mol. The van der Waals surface area contributed by atoms with Crippen LogP contribution in [0.25, 0.3) is 22.2 Å². The van der Waals surface area contributed by atoms with Gasteiger partial charge in [-0.05, 0) is 51.8 Å². The Balaban J connectivity index is 2.04. The van der Waals surface area contributed by atoms with E-state index in [0.717, 1.165) is 27.9 Å². The van der Waals surface area contributed by atoms with E-state index in [2.05, 4.69) is 75.1 Å². The van der Waals surface area contributed by atoms with E-state index < -0.39 is 0 Å². The van der Waals surface area contributed by atoms with E-state index in [1.54, 1.807) is 0 Å². The standard InChI is InChI=1S/C24H26N2O/c1-15-16(2)23(27)26(24(3,4)5)22(15)20-18-13-9-10-14-19(18)25-21(20)17-11-7-6-8-12-17/h6-14,22,25H,1-5H3. The zero-order chi connectivity index (χ0) is 19.3. The van der Waals surface area contributed by atoms with Gasteiger partial charge in [0.25, 0.3) is 5.91 Å². The van der Waals surface area contributed by atoms with Crippen molar-refractivity contribution in [3.63, 3.8) is 0 Å². The maximum Gasteiger partial charge on any atom is 0.250 e. The molecule has 1 aromatic heterocycles. The van der Waals surface area contributed by atoms with Crippen LogP contribution in [0.4, 0.5) is 0 Å². The van der Waals surface area contributed by atoms with E-state index in [-0.39, 0.29) is 17.5 Å². The number of rotatable bonds is 2. The largest absolute Gasteiger partial charge is 0.354 e. The topological polar surface area (TPSA) is 36.1 Å². The molecule has 138 valence electrons. The minimum absolute atomic E-state index is 0.0659. The number of nitrogens with one attached hydrogen (secondary N) is 1. The molecular formula is C24H26N2O. The fraction of sp³-hybridized carbons (Fsp3) is 0.292. The highest BCUT2D eigenvalue weighted by molar-refractivity contribution is 6.00. The van der Waals surface area contributed by atoms with Crippen LogP contribution in [-0.4, -0.2) is 21.3 Å². The minimum atomic E-state index is -0.271. The summed E-state index contributed by atoms with van der Waals surface area (Å²) >= 11 is 0. The van der Waals surface area contributed by atoms with E-state index in [1.165, 1.54) is 10.9 Å². The van der Waals surface area contributed by atoms with Crippen molar-refractivity contribution in [2.24, 2.45) is 0 Å². The Bertz CT molecular complexity index is 1050. The predicted molar refractivity (Wildman–Crippen MR) is 111 cm³/mol.